The van der Waals surface area contributed by atoms with E-state index in [4.69, 9.17) is 0 Å². The first kappa shape index (κ1) is 12.0. The van der Waals surface area contributed by atoms with Gasteiger partial charge in [-0.25, -0.2) is 0 Å². The van der Waals surface area contributed by atoms with Crippen LogP contribution in [0.15, 0.2) is 59.2 Å². The molecular formula is C15H11BrN2O. The first-order valence-corrected chi connectivity index (χ1v) is 6.66. The van der Waals surface area contributed by atoms with Crippen molar-refractivity contribution in [3.63, 3.8) is 0 Å². The summed E-state index contributed by atoms with van der Waals surface area (Å²) >= 11 is 3.56. The maximum Gasteiger partial charge on any atom is 0.211 e. The van der Waals surface area contributed by atoms with Gasteiger partial charge >= 0.3 is 0 Å². The topological polar surface area (TPSA) is 33.5 Å². The number of anilines is 1. The third kappa shape index (κ3) is 2.04. The third-order valence-electron chi connectivity index (χ3n) is 3.04. The Balaban J connectivity index is 2.30. The molecule has 0 aliphatic carbocycles. The number of nitrogens with one attached hydrogen (secondary N) is 1. The highest BCUT2D eigenvalue weighted by molar-refractivity contribution is 9.10. The van der Waals surface area contributed by atoms with E-state index in [1.54, 1.807) is 0 Å². The zero-order valence-corrected chi connectivity index (χ0v) is 11.6. The van der Waals surface area contributed by atoms with Crippen molar-refractivity contribution in [2.45, 2.75) is 0 Å². The average Bonchev–Trinajstić information content (AvgIpc) is 2.79. The molecule has 0 aliphatic heterocycles. The zero-order valence-electron chi connectivity index (χ0n) is 10.0. The van der Waals surface area contributed by atoms with Gasteiger partial charge in [-0.1, -0.05) is 40.2 Å². The molecule has 2 aromatic heterocycles. The summed E-state index contributed by atoms with van der Waals surface area (Å²) in [4.78, 5) is 10.7. The number of nitrogens with zero attached hydrogens (tertiary/aromatic N) is 1. The van der Waals surface area contributed by atoms with Crippen molar-refractivity contribution in [2.75, 3.05) is 5.32 Å². The Hall–Kier alpha value is -2.07. The maximum absolute atomic E-state index is 10.7. The van der Waals surface area contributed by atoms with Crippen LogP contribution in [0, 0.1) is 0 Å². The number of carbonyl (C=O) groups is 1. The second-order valence-corrected chi connectivity index (χ2v) is 5.00. The molecular weight excluding hydrogens is 304 g/mol. The van der Waals surface area contributed by atoms with Gasteiger partial charge in [0.25, 0.3) is 0 Å². The fraction of sp³-hybridized carbons (Fsp3) is 0. The van der Waals surface area contributed by atoms with Gasteiger partial charge in [-0.05, 0) is 24.3 Å². The van der Waals surface area contributed by atoms with Crippen LogP contribution in [-0.2, 0) is 4.79 Å². The predicted molar refractivity (Wildman–Crippen MR) is 80.2 cm³/mol. The van der Waals surface area contributed by atoms with E-state index in [-0.39, 0.29) is 0 Å². The summed E-state index contributed by atoms with van der Waals surface area (Å²) in [7, 11) is 0. The monoisotopic (exact) mass is 314 g/mol. The van der Waals surface area contributed by atoms with Crippen LogP contribution in [0.2, 0.25) is 0 Å². The highest BCUT2D eigenvalue weighted by atomic mass is 79.9. The Morgan fingerprint density at radius 2 is 1.89 bits per heavy atom. The number of hydrogen-bond donors (Lipinski definition) is 1. The molecule has 94 valence electrons. The molecule has 0 aliphatic rings. The van der Waals surface area contributed by atoms with Gasteiger partial charge in [0.05, 0.1) is 16.9 Å². The molecule has 0 unspecified atom stereocenters. The van der Waals surface area contributed by atoms with E-state index in [9.17, 15) is 4.79 Å². The van der Waals surface area contributed by atoms with E-state index in [0.29, 0.717) is 6.41 Å². The minimum atomic E-state index is 0.701. The molecule has 0 fully saturated rings. The van der Waals surface area contributed by atoms with Gasteiger partial charge in [0.15, 0.2) is 0 Å². The third-order valence-corrected chi connectivity index (χ3v) is 3.73. The summed E-state index contributed by atoms with van der Waals surface area (Å²) < 4.78 is 3.09. The number of carbonyl (C=O) groups excluding carboxylic acids is 1. The molecule has 2 heterocycles. The lowest BCUT2D eigenvalue weighted by Gasteiger charge is -2.04. The lowest BCUT2D eigenvalue weighted by Crippen LogP contribution is -1.92. The van der Waals surface area contributed by atoms with E-state index >= 15 is 0 Å². The molecule has 19 heavy (non-hydrogen) atoms. The van der Waals surface area contributed by atoms with Gasteiger partial charge in [0, 0.05) is 16.2 Å². The average molecular weight is 315 g/mol. The molecule has 0 saturated carbocycles. The second kappa shape index (κ2) is 4.90. The van der Waals surface area contributed by atoms with Crippen molar-refractivity contribution in [2.24, 2.45) is 0 Å². The molecule has 1 N–H and O–H groups in total. The van der Waals surface area contributed by atoms with Crippen molar-refractivity contribution < 1.29 is 4.79 Å². The first-order chi connectivity index (χ1) is 9.31. The Kier molecular flexibility index (Phi) is 3.09. The lowest BCUT2D eigenvalue weighted by atomic mass is 10.1. The number of fused-ring (bicyclic) bond motifs is 1. The number of rotatable bonds is 3. The predicted octanol–water partition coefficient (Wildman–Crippen LogP) is 3.94. The van der Waals surface area contributed by atoms with E-state index in [1.807, 2.05) is 54.7 Å². The van der Waals surface area contributed by atoms with Crippen molar-refractivity contribution >= 4 is 33.5 Å². The molecule has 4 heteroatoms. The highest BCUT2D eigenvalue weighted by Gasteiger charge is 2.11. The molecule has 0 saturated heterocycles. The lowest BCUT2D eigenvalue weighted by molar-refractivity contribution is -0.105. The molecule has 0 bridgehead atoms. The normalized spacial score (nSPS) is 10.6. The fourth-order valence-electron chi connectivity index (χ4n) is 2.21. The molecule has 0 radical (unpaired) electrons. The molecule has 1 amide bonds. The molecule has 1 aromatic carbocycles. The number of hydrogen-bond acceptors (Lipinski definition) is 1. The van der Waals surface area contributed by atoms with Crippen LogP contribution in [0.25, 0.3) is 16.8 Å². The SMILES string of the molecule is O=CNc1cc(-c2ccccc2Br)n2ccccc12. The first-order valence-electron chi connectivity index (χ1n) is 5.86. The number of amides is 1. The zero-order chi connectivity index (χ0) is 13.2. The Morgan fingerprint density at radius 1 is 1.11 bits per heavy atom. The molecule has 0 spiro atoms. The van der Waals surface area contributed by atoms with E-state index in [2.05, 4.69) is 25.6 Å². The Morgan fingerprint density at radius 3 is 2.68 bits per heavy atom. The summed E-state index contributed by atoms with van der Waals surface area (Å²) in [5.41, 5.74) is 3.90. The summed E-state index contributed by atoms with van der Waals surface area (Å²) in [6, 6.07) is 15.9. The molecule has 3 aromatic rings. The van der Waals surface area contributed by atoms with Crippen molar-refractivity contribution in [1.82, 2.24) is 4.40 Å². The van der Waals surface area contributed by atoms with Crippen LogP contribution in [0.1, 0.15) is 0 Å². The quantitative estimate of drug-likeness (QED) is 0.730. The van der Waals surface area contributed by atoms with E-state index in [1.165, 1.54) is 0 Å². The minimum absolute atomic E-state index is 0.701. The summed E-state index contributed by atoms with van der Waals surface area (Å²) in [5.74, 6) is 0. The number of aromatic nitrogens is 1. The van der Waals surface area contributed by atoms with Gasteiger partial charge in [0.1, 0.15) is 0 Å². The van der Waals surface area contributed by atoms with E-state index < -0.39 is 0 Å². The van der Waals surface area contributed by atoms with Crippen LogP contribution >= 0.6 is 15.9 Å². The Bertz CT molecular complexity index is 749. The van der Waals surface area contributed by atoms with Gasteiger partial charge in [0.2, 0.25) is 6.41 Å². The highest BCUT2D eigenvalue weighted by Crippen LogP contribution is 2.33. The van der Waals surface area contributed by atoms with Crippen molar-refractivity contribution in [3.8, 4) is 11.3 Å². The van der Waals surface area contributed by atoms with Gasteiger partial charge < -0.3 is 9.72 Å². The van der Waals surface area contributed by atoms with Crippen molar-refractivity contribution in [3.05, 3.63) is 59.2 Å². The molecule has 3 rings (SSSR count). The summed E-state index contributed by atoms with van der Waals surface area (Å²) in [5, 5.41) is 2.74. The molecule has 0 atom stereocenters. The number of benzene rings is 1. The summed E-state index contributed by atoms with van der Waals surface area (Å²) in [6.45, 7) is 0. The maximum atomic E-state index is 10.7. The molecule has 3 nitrogen and oxygen atoms in total. The van der Waals surface area contributed by atoms with Crippen LogP contribution < -0.4 is 5.32 Å². The minimum Gasteiger partial charge on any atom is -0.327 e. The second-order valence-electron chi connectivity index (χ2n) is 4.14. The van der Waals surface area contributed by atoms with Crippen molar-refractivity contribution in [1.29, 1.82) is 0 Å². The van der Waals surface area contributed by atoms with Gasteiger partial charge in [-0.15, -0.1) is 0 Å². The van der Waals surface area contributed by atoms with Crippen LogP contribution in [0.5, 0.6) is 0 Å². The van der Waals surface area contributed by atoms with Gasteiger partial charge in [-0.2, -0.15) is 0 Å². The summed E-state index contributed by atoms with van der Waals surface area (Å²) in [6.07, 6.45) is 2.69. The fourth-order valence-corrected chi connectivity index (χ4v) is 2.70. The van der Waals surface area contributed by atoms with E-state index in [0.717, 1.165) is 26.9 Å². The smallest absolute Gasteiger partial charge is 0.211 e. The number of halogens is 1. The van der Waals surface area contributed by atoms with Crippen LogP contribution in [-0.4, -0.2) is 10.8 Å². The van der Waals surface area contributed by atoms with Crippen LogP contribution in [0.4, 0.5) is 5.69 Å². The van der Waals surface area contributed by atoms with Gasteiger partial charge in [-0.3, -0.25) is 4.79 Å². The Labute approximate surface area is 119 Å². The standard InChI is InChI=1S/C15H11BrN2O/c16-12-6-2-1-5-11(12)15-9-13(17-10-19)14-7-3-4-8-18(14)15/h1-10H,(H,17,19). The number of pyridine rings is 1. The van der Waals surface area contributed by atoms with Crippen LogP contribution in [0.3, 0.4) is 0 Å². The largest absolute Gasteiger partial charge is 0.327 e.